The van der Waals surface area contributed by atoms with Crippen molar-refractivity contribution in [3.63, 3.8) is 0 Å². The molecule has 0 saturated carbocycles. The van der Waals surface area contributed by atoms with Crippen molar-refractivity contribution in [3.05, 3.63) is 174 Å². The first-order chi connectivity index (χ1) is 22.8. The van der Waals surface area contributed by atoms with Crippen LogP contribution in [-0.2, 0) is 0 Å². The summed E-state index contributed by atoms with van der Waals surface area (Å²) in [4.78, 5) is 3.89. The summed E-state index contributed by atoms with van der Waals surface area (Å²) in [5, 5.41) is 3.30. The first-order valence-electron chi connectivity index (χ1n) is 16.5. The van der Waals surface area contributed by atoms with E-state index in [4.69, 9.17) is 0 Å². The topological polar surface area (TPSA) is 3.24 Å². The van der Waals surface area contributed by atoms with Crippen LogP contribution in [0, 0.1) is 0 Å². The SMILES string of the molecule is C1=CC(N(c2ccccc2)c2ccc3sc4cc(C(C5=CCC6c7ccccc7SC6C5)c5ccccc5)ccc4c3c2)=CCC1. The van der Waals surface area contributed by atoms with E-state index in [-0.39, 0.29) is 5.92 Å². The van der Waals surface area contributed by atoms with Crippen LogP contribution in [-0.4, -0.2) is 5.25 Å². The van der Waals surface area contributed by atoms with Crippen molar-refractivity contribution >= 4 is 54.6 Å². The molecule has 3 atom stereocenters. The normalized spacial score (nSPS) is 19.4. The first-order valence-corrected chi connectivity index (χ1v) is 18.2. The number of thioether (sulfide) groups is 1. The predicted octanol–water partition coefficient (Wildman–Crippen LogP) is 12.5. The molecule has 0 radical (unpaired) electrons. The van der Waals surface area contributed by atoms with Gasteiger partial charge in [-0.05, 0) is 90.9 Å². The quantitative estimate of drug-likeness (QED) is 0.169. The number of nitrogens with zero attached hydrogens (tertiary/aromatic N) is 1. The van der Waals surface area contributed by atoms with Crippen molar-refractivity contribution in [2.24, 2.45) is 0 Å². The highest BCUT2D eigenvalue weighted by Gasteiger charge is 2.37. The minimum Gasteiger partial charge on any atom is -0.311 e. The van der Waals surface area contributed by atoms with Gasteiger partial charge < -0.3 is 4.90 Å². The lowest BCUT2D eigenvalue weighted by Crippen LogP contribution is -2.19. The van der Waals surface area contributed by atoms with E-state index in [1.165, 1.54) is 53.3 Å². The number of rotatable bonds is 6. The van der Waals surface area contributed by atoms with Crippen molar-refractivity contribution in [1.82, 2.24) is 0 Å². The average molecular weight is 630 g/mol. The van der Waals surface area contributed by atoms with E-state index in [0.717, 1.165) is 25.7 Å². The van der Waals surface area contributed by atoms with Gasteiger partial charge in [-0.15, -0.1) is 23.1 Å². The number of hydrogen-bond donors (Lipinski definition) is 0. The fourth-order valence-corrected chi connectivity index (χ4v) is 10.5. The molecule has 6 aromatic rings. The Balaban J connectivity index is 1.11. The van der Waals surface area contributed by atoms with Crippen molar-refractivity contribution in [1.29, 1.82) is 0 Å². The molecule has 0 fully saturated rings. The Bertz CT molecular complexity index is 2150. The lowest BCUT2D eigenvalue weighted by molar-refractivity contribution is 0.605. The molecule has 0 amide bonds. The molecule has 2 aliphatic carbocycles. The summed E-state index contributed by atoms with van der Waals surface area (Å²) >= 11 is 4.02. The Hall–Kier alpha value is -4.31. The zero-order valence-corrected chi connectivity index (χ0v) is 27.3. The fourth-order valence-electron chi connectivity index (χ4n) is 7.79. The van der Waals surface area contributed by atoms with Crippen molar-refractivity contribution in [3.8, 4) is 0 Å². The van der Waals surface area contributed by atoms with Crippen LogP contribution in [0.1, 0.15) is 54.2 Å². The second-order valence-corrected chi connectivity index (χ2v) is 15.0. The fraction of sp³-hybridized carbons (Fsp3) is 0.163. The standard InChI is InChI=1S/C43H35NS2/c1-4-12-29(13-5-1)43(30-20-23-36-35-18-10-11-19-39(35)45-41(36)26-30)31-21-24-37-38-28-34(22-25-40(38)46-42(37)27-31)44(32-14-6-2-7-15-32)33-16-8-3-9-17-33/h1-2,4-8,10-22,24-25,27-28,36,41,43H,3,9,23,26H2. The molecule has 2 heterocycles. The monoisotopic (exact) mass is 629 g/mol. The highest BCUT2D eigenvalue weighted by atomic mass is 32.2. The van der Waals surface area contributed by atoms with E-state index in [9.17, 15) is 0 Å². The molecular weight excluding hydrogens is 595 g/mol. The van der Waals surface area contributed by atoms with Crippen LogP contribution < -0.4 is 4.90 Å². The van der Waals surface area contributed by atoms with Gasteiger partial charge >= 0.3 is 0 Å². The molecular formula is C43H35NS2. The largest absolute Gasteiger partial charge is 0.311 e. The highest BCUT2D eigenvalue weighted by molar-refractivity contribution is 8.00. The van der Waals surface area contributed by atoms with Gasteiger partial charge in [0.1, 0.15) is 0 Å². The molecule has 224 valence electrons. The van der Waals surface area contributed by atoms with Gasteiger partial charge in [-0.25, -0.2) is 0 Å². The van der Waals surface area contributed by atoms with Crippen LogP contribution in [0.5, 0.6) is 0 Å². The maximum Gasteiger partial charge on any atom is 0.0468 e. The van der Waals surface area contributed by atoms with Crippen LogP contribution >= 0.6 is 23.1 Å². The summed E-state index contributed by atoms with van der Waals surface area (Å²) in [5.41, 5.74) is 9.57. The minimum atomic E-state index is 0.273. The molecule has 1 nitrogen and oxygen atoms in total. The molecule has 0 saturated heterocycles. The smallest absolute Gasteiger partial charge is 0.0468 e. The number of anilines is 2. The maximum atomic E-state index is 2.58. The van der Waals surface area contributed by atoms with E-state index in [1.54, 1.807) is 11.1 Å². The maximum absolute atomic E-state index is 2.58. The Morgan fingerprint density at radius 2 is 1.48 bits per heavy atom. The highest BCUT2D eigenvalue weighted by Crippen LogP contribution is 2.54. The van der Waals surface area contributed by atoms with Gasteiger partial charge in [0, 0.05) is 59.2 Å². The number of thiophene rings is 1. The van der Waals surface area contributed by atoms with E-state index in [0.29, 0.717) is 11.2 Å². The minimum absolute atomic E-state index is 0.273. The van der Waals surface area contributed by atoms with Gasteiger partial charge in [-0.3, -0.25) is 0 Å². The number of benzene rings is 5. The second kappa shape index (κ2) is 11.8. The number of allylic oxidation sites excluding steroid dienone is 5. The van der Waals surface area contributed by atoms with E-state index < -0.39 is 0 Å². The summed E-state index contributed by atoms with van der Waals surface area (Å²) in [6.07, 6.45) is 14.0. The molecule has 3 heteroatoms. The van der Waals surface area contributed by atoms with Crippen LogP contribution in [0.15, 0.2) is 162 Å². The molecule has 1 aliphatic heterocycles. The van der Waals surface area contributed by atoms with E-state index in [1.807, 2.05) is 11.3 Å². The second-order valence-electron chi connectivity index (χ2n) is 12.7. The molecule has 0 N–H and O–H groups in total. The number of fused-ring (bicyclic) bond motifs is 6. The molecule has 46 heavy (non-hydrogen) atoms. The Kier molecular flexibility index (Phi) is 7.17. The van der Waals surface area contributed by atoms with E-state index in [2.05, 4.69) is 162 Å². The van der Waals surface area contributed by atoms with Crippen LogP contribution in [0.25, 0.3) is 20.2 Å². The van der Waals surface area contributed by atoms with Crippen LogP contribution in [0.2, 0.25) is 0 Å². The third-order valence-electron chi connectivity index (χ3n) is 9.94. The molecule has 3 aliphatic rings. The summed E-state index contributed by atoms with van der Waals surface area (Å²) < 4.78 is 2.71. The third kappa shape index (κ3) is 4.94. The Labute approximate surface area is 279 Å². The zero-order valence-electron chi connectivity index (χ0n) is 25.7. The van der Waals surface area contributed by atoms with Gasteiger partial charge in [0.25, 0.3) is 0 Å². The van der Waals surface area contributed by atoms with Gasteiger partial charge in [0.2, 0.25) is 0 Å². The van der Waals surface area contributed by atoms with E-state index >= 15 is 0 Å². The average Bonchev–Trinajstić information content (AvgIpc) is 3.67. The van der Waals surface area contributed by atoms with Crippen LogP contribution in [0.4, 0.5) is 11.4 Å². The number of para-hydroxylation sites is 1. The molecule has 0 bridgehead atoms. The zero-order chi connectivity index (χ0) is 30.5. The summed E-state index contributed by atoms with van der Waals surface area (Å²) in [6.45, 7) is 0. The summed E-state index contributed by atoms with van der Waals surface area (Å²) in [5.74, 6) is 0.909. The molecule has 5 aromatic carbocycles. The third-order valence-corrected chi connectivity index (χ3v) is 12.5. The molecule has 3 unspecified atom stereocenters. The van der Waals surface area contributed by atoms with Crippen LogP contribution in [0.3, 0.4) is 0 Å². The van der Waals surface area contributed by atoms with Gasteiger partial charge in [-0.2, -0.15) is 0 Å². The summed E-state index contributed by atoms with van der Waals surface area (Å²) in [7, 11) is 0. The summed E-state index contributed by atoms with van der Waals surface area (Å²) in [6, 6.07) is 45.3. The van der Waals surface area contributed by atoms with Crippen molar-refractivity contribution in [2.75, 3.05) is 4.90 Å². The Morgan fingerprint density at radius 1 is 0.652 bits per heavy atom. The molecule has 1 aromatic heterocycles. The lowest BCUT2D eigenvalue weighted by atomic mass is 9.76. The molecule has 9 rings (SSSR count). The Morgan fingerprint density at radius 3 is 2.33 bits per heavy atom. The van der Waals surface area contributed by atoms with Gasteiger partial charge in [0.15, 0.2) is 0 Å². The van der Waals surface area contributed by atoms with Crippen molar-refractivity contribution < 1.29 is 0 Å². The first kappa shape index (κ1) is 28.0. The lowest BCUT2D eigenvalue weighted by Gasteiger charge is -2.30. The predicted molar refractivity (Wildman–Crippen MR) is 199 cm³/mol. The van der Waals surface area contributed by atoms with Crippen molar-refractivity contribution in [2.45, 2.75) is 47.7 Å². The van der Waals surface area contributed by atoms with Gasteiger partial charge in [0.05, 0.1) is 0 Å². The van der Waals surface area contributed by atoms with Gasteiger partial charge in [-0.1, -0.05) is 103 Å². The molecule has 0 spiro atoms. The number of hydrogen-bond acceptors (Lipinski definition) is 3.